The Balaban J connectivity index is 1.91. The molecule has 1 unspecified atom stereocenters. The average Bonchev–Trinajstić information content (AvgIpc) is 2.58. The topological polar surface area (TPSA) is 51.2 Å². The van der Waals surface area contributed by atoms with Gasteiger partial charge in [-0.25, -0.2) is 4.98 Å². The van der Waals surface area contributed by atoms with Crippen LogP contribution >= 0.6 is 11.8 Å². The summed E-state index contributed by atoms with van der Waals surface area (Å²) in [5, 5.41) is 2.35. The molecule has 1 atom stereocenters. The highest BCUT2D eigenvalue weighted by Gasteiger charge is 2.29. The van der Waals surface area contributed by atoms with Gasteiger partial charge in [0.05, 0.1) is 5.25 Å². The predicted molar refractivity (Wildman–Crippen MR) is 89.4 cm³/mol. The molecule has 8 heteroatoms. The van der Waals surface area contributed by atoms with Crippen LogP contribution in [0.4, 0.5) is 13.2 Å². The van der Waals surface area contributed by atoms with Crippen molar-refractivity contribution in [2.45, 2.75) is 29.8 Å². The van der Waals surface area contributed by atoms with Crippen LogP contribution < -0.4 is 10.1 Å². The maximum Gasteiger partial charge on any atom is 0.422 e. The first-order valence-corrected chi connectivity index (χ1v) is 8.36. The monoisotopic (exact) mass is 370 g/mol. The predicted octanol–water partition coefficient (Wildman–Crippen LogP) is 3.82. The summed E-state index contributed by atoms with van der Waals surface area (Å²) >= 11 is 1.40. The Morgan fingerprint density at radius 2 is 1.96 bits per heavy atom. The van der Waals surface area contributed by atoms with Crippen molar-refractivity contribution < 1.29 is 22.7 Å². The van der Waals surface area contributed by atoms with E-state index < -0.39 is 12.8 Å². The summed E-state index contributed by atoms with van der Waals surface area (Å²) in [7, 11) is 0. The number of pyridine rings is 1. The molecule has 1 aromatic heterocycles. The van der Waals surface area contributed by atoms with E-state index in [2.05, 4.69) is 10.3 Å². The lowest BCUT2D eigenvalue weighted by Crippen LogP contribution is -2.30. The standard InChI is InChI=1S/C17H17F3N2O2S/c1-12(25-14-7-3-2-4-8-14)15(23)22-10-13-6-5-9-21-16(13)24-11-17(18,19)20/h2-9,12H,10-11H2,1H3,(H,22,23). The summed E-state index contributed by atoms with van der Waals surface area (Å²) in [6.45, 7) is 0.377. The van der Waals surface area contributed by atoms with E-state index in [1.165, 1.54) is 18.0 Å². The largest absolute Gasteiger partial charge is 0.468 e. The number of thioether (sulfide) groups is 1. The molecule has 2 rings (SSSR count). The minimum atomic E-state index is -4.45. The van der Waals surface area contributed by atoms with Gasteiger partial charge in [0.15, 0.2) is 6.61 Å². The lowest BCUT2D eigenvalue weighted by Gasteiger charge is -2.14. The number of hydrogen-bond donors (Lipinski definition) is 1. The smallest absolute Gasteiger partial charge is 0.422 e. The van der Waals surface area contributed by atoms with E-state index in [0.29, 0.717) is 5.56 Å². The van der Waals surface area contributed by atoms with Crippen LogP contribution in [0.2, 0.25) is 0 Å². The van der Waals surface area contributed by atoms with Gasteiger partial charge in [0.2, 0.25) is 11.8 Å². The highest BCUT2D eigenvalue weighted by atomic mass is 32.2. The van der Waals surface area contributed by atoms with Crippen LogP contribution in [0, 0.1) is 0 Å². The second kappa shape index (κ2) is 8.75. The van der Waals surface area contributed by atoms with Crippen molar-refractivity contribution in [2.24, 2.45) is 0 Å². The number of aromatic nitrogens is 1. The van der Waals surface area contributed by atoms with Gasteiger partial charge >= 0.3 is 6.18 Å². The number of halogens is 3. The molecule has 0 aliphatic heterocycles. The molecule has 134 valence electrons. The second-order valence-corrected chi connectivity index (χ2v) is 6.58. The van der Waals surface area contributed by atoms with E-state index in [1.807, 2.05) is 30.3 Å². The van der Waals surface area contributed by atoms with E-state index >= 15 is 0 Å². The Labute approximate surface area is 147 Å². The molecule has 0 saturated carbocycles. The molecule has 1 aromatic carbocycles. The molecule has 0 aliphatic carbocycles. The first-order chi connectivity index (χ1) is 11.8. The van der Waals surface area contributed by atoms with E-state index in [1.54, 1.807) is 19.1 Å². The zero-order valence-corrected chi connectivity index (χ0v) is 14.2. The number of rotatable bonds is 7. The quantitative estimate of drug-likeness (QED) is 0.753. The third kappa shape index (κ3) is 6.66. The van der Waals surface area contributed by atoms with Crippen LogP contribution in [0.1, 0.15) is 12.5 Å². The molecule has 4 nitrogen and oxygen atoms in total. The molecule has 2 aromatic rings. The highest BCUT2D eigenvalue weighted by Crippen LogP contribution is 2.23. The van der Waals surface area contributed by atoms with Gasteiger partial charge in [0, 0.05) is 23.2 Å². The normalized spacial score (nSPS) is 12.5. The highest BCUT2D eigenvalue weighted by molar-refractivity contribution is 8.00. The van der Waals surface area contributed by atoms with Crippen molar-refractivity contribution >= 4 is 17.7 Å². The Hall–Kier alpha value is -2.22. The molecule has 1 N–H and O–H groups in total. The van der Waals surface area contributed by atoms with Crippen LogP contribution in [0.5, 0.6) is 5.88 Å². The Kier molecular flexibility index (Phi) is 6.69. The number of hydrogen-bond acceptors (Lipinski definition) is 4. The first-order valence-electron chi connectivity index (χ1n) is 7.48. The zero-order valence-electron chi connectivity index (χ0n) is 13.4. The van der Waals surface area contributed by atoms with Crippen molar-refractivity contribution in [1.82, 2.24) is 10.3 Å². The number of carbonyl (C=O) groups is 1. The fourth-order valence-corrected chi connectivity index (χ4v) is 2.83. The van der Waals surface area contributed by atoms with Gasteiger partial charge in [-0.2, -0.15) is 13.2 Å². The van der Waals surface area contributed by atoms with Crippen molar-refractivity contribution in [3.8, 4) is 5.88 Å². The van der Waals surface area contributed by atoms with Crippen molar-refractivity contribution in [3.05, 3.63) is 54.2 Å². The van der Waals surface area contributed by atoms with E-state index in [0.717, 1.165) is 4.90 Å². The Bertz CT molecular complexity index is 696. The summed E-state index contributed by atoms with van der Waals surface area (Å²) in [5.41, 5.74) is 0.386. The molecule has 0 spiro atoms. The summed E-state index contributed by atoms with van der Waals surface area (Å²) < 4.78 is 41.5. The fraction of sp³-hybridized carbons (Fsp3) is 0.294. The minimum Gasteiger partial charge on any atom is -0.468 e. The first kappa shape index (κ1) is 19.1. The number of amides is 1. The van der Waals surface area contributed by atoms with Gasteiger partial charge in [-0.1, -0.05) is 24.3 Å². The Morgan fingerprint density at radius 1 is 1.24 bits per heavy atom. The van der Waals surface area contributed by atoms with Gasteiger partial charge in [0.1, 0.15) is 0 Å². The van der Waals surface area contributed by atoms with Gasteiger partial charge < -0.3 is 10.1 Å². The van der Waals surface area contributed by atoms with Gasteiger partial charge in [-0.15, -0.1) is 11.8 Å². The molecule has 0 radical (unpaired) electrons. The Morgan fingerprint density at radius 3 is 2.64 bits per heavy atom. The van der Waals surface area contributed by atoms with Gasteiger partial charge in [-0.05, 0) is 25.1 Å². The fourth-order valence-electron chi connectivity index (χ4n) is 1.92. The van der Waals surface area contributed by atoms with Crippen LogP contribution in [0.25, 0.3) is 0 Å². The molecule has 1 amide bonds. The van der Waals surface area contributed by atoms with Crippen LogP contribution in [-0.4, -0.2) is 28.9 Å². The third-order valence-electron chi connectivity index (χ3n) is 3.10. The van der Waals surface area contributed by atoms with Crippen LogP contribution in [0.15, 0.2) is 53.6 Å². The molecule has 25 heavy (non-hydrogen) atoms. The van der Waals surface area contributed by atoms with Crippen LogP contribution in [-0.2, 0) is 11.3 Å². The number of alkyl halides is 3. The number of benzene rings is 1. The van der Waals surface area contributed by atoms with E-state index in [9.17, 15) is 18.0 Å². The third-order valence-corrected chi connectivity index (χ3v) is 4.21. The van der Waals surface area contributed by atoms with Crippen molar-refractivity contribution in [3.63, 3.8) is 0 Å². The summed E-state index contributed by atoms with van der Waals surface area (Å²) in [6, 6.07) is 12.6. The van der Waals surface area contributed by atoms with Crippen molar-refractivity contribution in [1.29, 1.82) is 0 Å². The molecule has 0 aliphatic rings. The lowest BCUT2D eigenvalue weighted by molar-refractivity contribution is -0.154. The lowest BCUT2D eigenvalue weighted by atomic mass is 10.2. The summed E-state index contributed by atoms with van der Waals surface area (Å²) in [6.07, 6.45) is -3.11. The molecular weight excluding hydrogens is 353 g/mol. The number of nitrogens with zero attached hydrogens (tertiary/aromatic N) is 1. The number of carbonyl (C=O) groups excluding carboxylic acids is 1. The van der Waals surface area contributed by atoms with E-state index in [4.69, 9.17) is 4.74 Å². The second-order valence-electron chi connectivity index (χ2n) is 5.16. The summed E-state index contributed by atoms with van der Waals surface area (Å²) in [4.78, 5) is 16.9. The molecule has 0 bridgehead atoms. The van der Waals surface area contributed by atoms with E-state index in [-0.39, 0.29) is 23.6 Å². The molecule has 0 fully saturated rings. The number of nitrogens with one attached hydrogen (secondary N) is 1. The van der Waals surface area contributed by atoms with Gasteiger partial charge in [0.25, 0.3) is 0 Å². The number of ether oxygens (including phenoxy) is 1. The van der Waals surface area contributed by atoms with Gasteiger partial charge in [-0.3, -0.25) is 4.79 Å². The maximum absolute atomic E-state index is 12.3. The minimum absolute atomic E-state index is 0.0412. The molecule has 0 saturated heterocycles. The summed E-state index contributed by atoms with van der Waals surface area (Å²) in [5.74, 6) is -0.358. The SMILES string of the molecule is CC(Sc1ccccc1)C(=O)NCc1cccnc1OCC(F)(F)F. The van der Waals surface area contributed by atoms with Crippen molar-refractivity contribution in [2.75, 3.05) is 6.61 Å². The zero-order chi connectivity index (χ0) is 18.3. The maximum atomic E-state index is 12.3. The van der Waals surface area contributed by atoms with Crippen LogP contribution in [0.3, 0.4) is 0 Å². The molecular formula is C17H17F3N2O2S. The average molecular weight is 370 g/mol. The molecule has 1 heterocycles.